The van der Waals surface area contributed by atoms with Crippen molar-refractivity contribution in [2.24, 2.45) is 0 Å². The second-order valence-electron chi connectivity index (χ2n) is 10.9. The van der Waals surface area contributed by atoms with Crippen LogP contribution in [-0.2, 0) is 21.4 Å². The lowest BCUT2D eigenvalue weighted by Crippen LogP contribution is -2.36. The van der Waals surface area contributed by atoms with E-state index in [0.717, 1.165) is 30.8 Å². The number of hydrogen-bond donors (Lipinski definition) is 2. The molecule has 0 aliphatic carbocycles. The van der Waals surface area contributed by atoms with E-state index in [2.05, 4.69) is 20.4 Å². The van der Waals surface area contributed by atoms with Gasteiger partial charge in [-0.2, -0.15) is 0 Å². The number of hydrogen-bond acceptors (Lipinski definition) is 9. The van der Waals surface area contributed by atoms with Crippen molar-refractivity contribution in [3.63, 3.8) is 0 Å². The van der Waals surface area contributed by atoms with Crippen LogP contribution in [0.1, 0.15) is 49.0 Å². The number of nitrogens with two attached hydrogens (primary N) is 1. The Labute approximate surface area is 234 Å². The summed E-state index contributed by atoms with van der Waals surface area (Å²) in [6.07, 6.45) is 3.48. The molecule has 0 saturated carbocycles. The topological polar surface area (TPSA) is 144 Å². The van der Waals surface area contributed by atoms with Gasteiger partial charge in [-0.1, -0.05) is 38.1 Å². The van der Waals surface area contributed by atoms with E-state index in [1.54, 1.807) is 55.5 Å². The van der Waals surface area contributed by atoms with Crippen LogP contribution in [-0.4, -0.2) is 77.9 Å². The first kappa shape index (κ1) is 30.3. The molecular formula is C29H38N6O5. The second kappa shape index (κ2) is 13.7. The minimum atomic E-state index is -0.136. The van der Waals surface area contributed by atoms with Gasteiger partial charge < -0.3 is 25.2 Å². The van der Waals surface area contributed by atoms with Gasteiger partial charge in [-0.05, 0) is 36.2 Å². The van der Waals surface area contributed by atoms with Crippen LogP contribution < -0.4 is 15.8 Å². The van der Waals surface area contributed by atoms with Crippen molar-refractivity contribution in [3.05, 3.63) is 65.7 Å². The van der Waals surface area contributed by atoms with Crippen LogP contribution in [0.4, 0.5) is 11.5 Å². The van der Waals surface area contributed by atoms with Crippen LogP contribution in [0, 0.1) is 0 Å². The zero-order valence-corrected chi connectivity index (χ0v) is 23.7. The maximum absolute atomic E-state index is 11.9. The number of aromatic nitrogens is 2. The van der Waals surface area contributed by atoms with Gasteiger partial charge in [0.2, 0.25) is 11.8 Å². The molecule has 3 heterocycles. The number of nitrogens with zero attached hydrogens (tertiary/aromatic N) is 4. The van der Waals surface area contributed by atoms with Crippen molar-refractivity contribution in [1.82, 2.24) is 19.9 Å². The number of aldehydes is 1. The van der Waals surface area contributed by atoms with Gasteiger partial charge in [0.15, 0.2) is 12.1 Å². The van der Waals surface area contributed by atoms with Crippen molar-refractivity contribution in [1.29, 1.82) is 0 Å². The predicted molar refractivity (Wildman–Crippen MR) is 152 cm³/mol. The van der Waals surface area contributed by atoms with Gasteiger partial charge in [-0.15, -0.1) is 0 Å². The molecule has 4 rings (SSSR count). The Morgan fingerprint density at radius 3 is 2.50 bits per heavy atom. The number of likely N-dealkylation sites (tertiary alicyclic amines) is 1. The van der Waals surface area contributed by atoms with Crippen LogP contribution in [0.3, 0.4) is 0 Å². The number of carbonyl (C=O) groups excluding carboxylic acids is 3. The molecule has 11 nitrogen and oxygen atoms in total. The van der Waals surface area contributed by atoms with Crippen LogP contribution in [0.5, 0.6) is 5.75 Å². The minimum absolute atomic E-state index is 0.0637. The van der Waals surface area contributed by atoms with Gasteiger partial charge in [0.1, 0.15) is 23.3 Å². The number of pyridine rings is 1. The highest BCUT2D eigenvalue weighted by atomic mass is 16.5. The van der Waals surface area contributed by atoms with E-state index in [1.807, 2.05) is 32.9 Å². The molecule has 3 N–H and O–H groups in total. The van der Waals surface area contributed by atoms with E-state index in [9.17, 15) is 14.4 Å². The molecule has 1 fully saturated rings. The summed E-state index contributed by atoms with van der Waals surface area (Å²) in [5.74, 6) is 1.79. The van der Waals surface area contributed by atoms with Gasteiger partial charge in [0.25, 0.3) is 0 Å². The number of nitrogen functional groups attached to an aromatic ring is 1. The molecule has 3 aromatic rings. The van der Waals surface area contributed by atoms with Crippen LogP contribution in [0.15, 0.2) is 53.2 Å². The summed E-state index contributed by atoms with van der Waals surface area (Å²) in [6, 6.07) is 12.3. The van der Waals surface area contributed by atoms with E-state index in [0.29, 0.717) is 35.8 Å². The van der Waals surface area contributed by atoms with Crippen molar-refractivity contribution >= 4 is 29.6 Å². The summed E-state index contributed by atoms with van der Waals surface area (Å²) in [7, 11) is 3.51. The molecule has 0 bridgehead atoms. The summed E-state index contributed by atoms with van der Waals surface area (Å²) in [5.41, 5.74) is 7.44. The first-order valence-corrected chi connectivity index (χ1v) is 13.0. The molecule has 40 heavy (non-hydrogen) atoms. The van der Waals surface area contributed by atoms with Crippen molar-refractivity contribution in [2.45, 2.75) is 45.1 Å². The lowest BCUT2D eigenvalue weighted by molar-refractivity contribution is -0.129. The third-order valence-corrected chi connectivity index (χ3v) is 6.13. The molecular weight excluding hydrogens is 512 g/mol. The SMILES string of the molecule is CC(C)(C)c1cc(NC(=O)Cc2ccc(N)cc2)no1.CN(C)C(=O)CN1CCC(Oc2ccc(C=O)nc2)C1. The van der Waals surface area contributed by atoms with Crippen LogP contribution in [0.25, 0.3) is 0 Å². The average Bonchev–Trinajstić information content (AvgIpc) is 3.56. The molecule has 2 aromatic heterocycles. The molecule has 1 aliphatic rings. The zero-order valence-electron chi connectivity index (χ0n) is 23.7. The normalized spacial score (nSPS) is 15.1. The van der Waals surface area contributed by atoms with Crippen LogP contribution >= 0.6 is 0 Å². The number of likely N-dealkylation sites (N-methyl/N-ethyl adjacent to an activating group) is 1. The lowest BCUT2D eigenvalue weighted by Gasteiger charge is -2.18. The van der Waals surface area contributed by atoms with E-state index in [4.69, 9.17) is 15.0 Å². The molecule has 1 atom stereocenters. The predicted octanol–water partition coefficient (Wildman–Crippen LogP) is 3.17. The quantitative estimate of drug-likeness (QED) is 0.319. The Morgan fingerprint density at radius 1 is 1.20 bits per heavy atom. The van der Waals surface area contributed by atoms with E-state index in [-0.39, 0.29) is 29.8 Å². The van der Waals surface area contributed by atoms with E-state index in [1.165, 1.54) is 0 Å². The third kappa shape index (κ3) is 9.49. The highest BCUT2D eigenvalue weighted by Crippen LogP contribution is 2.24. The van der Waals surface area contributed by atoms with Gasteiger partial charge in [-0.25, -0.2) is 4.98 Å². The van der Waals surface area contributed by atoms with Crippen molar-refractivity contribution < 1.29 is 23.6 Å². The average molecular weight is 551 g/mol. The van der Waals surface area contributed by atoms with Crippen molar-refractivity contribution in [2.75, 3.05) is 44.8 Å². The van der Waals surface area contributed by atoms with E-state index >= 15 is 0 Å². The number of benzene rings is 1. The molecule has 0 spiro atoms. The van der Waals surface area contributed by atoms with E-state index < -0.39 is 0 Å². The summed E-state index contributed by atoms with van der Waals surface area (Å²) in [5, 5.41) is 6.57. The number of rotatable bonds is 8. The number of carbonyl (C=O) groups is 3. The number of anilines is 2. The Balaban J connectivity index is 0.000000220. The summed E-state index contributed by atoms with van der Waals surface area (Å²) in [4.78, 5) is 41.7. The fourth-order valence-electron chi connectivity index (χ4n) is 3.79. The molecule has 2 amide bonds. The summed E-state index contributed by atoms with van der Waals surface area (Å²) in [6.45, 7) is 8.07. The summed E-state index contributed by atoms with van der Waals surface area (Å²) < 4.78 is 11.0. The molecule has 0 radical (unpaired) electrons. The molecule has 11 heteroatoms. The minimum Gasteiger partial charge on any atom is -0.487 e. The largest absolute Gasteiger partial charge is 0.487 e. The second-order valence-corrected chi connectivity index (χ2v) is 10.9. The maximum Gasteiger partial charge on any atom is 0.236 e. The van der Waals surface area contributed by atoms with Crippen molar-refractivity contribution in [3.8, 4) is 5.75 Å². The Kier molecular flexibility index (Phi) is 10.4. The Bertz CT molecular complexity index is 1270. The molecule has 1 aliphatic heterocycles. The van der Waals surface area contributed by atoms with Gasteiger partial charge in [0.05, 0.1) is 19.2 Å². The molecule has 1 aromatic carbocycles. The maximum atomic E-state index is 11.9. The number of ether oxygens (including phenoxy) is 1. The first-order chi connectivity index (χ1) is 18.9. The number of amides is 2. The van der Waals surface area contributed by atoms with Crippen LogP contribution in [0.2, 0.25) is 0 Å². The van der Waals surface area contributed by atoms with Gasteiger partial charge in [0, 0.05) is 44.4 Å². The Morgan fingerprint density at radius 2 is 1.93 bits per heavy atom. The molecule has 214 valence electrons. The monoisotopic (exact) mass is 550 g/mol. The fourth-order valence-corrected chi connectivity index (χ4v) is 3.79. The standard InChI is InChI=1S/C15H19N3O2.C14H19N3O3/c1-15(2,3)12-9-13(18-20-12)17-14(19)8-10-4-6-11(16)7-5-10;1-16(2)14(19)9-17-6-5-13(8-17)20-12-4-3-11(10-18)15-7-12/h4-7,9H,8,16H2,1-3H3,(H,17,18,19);3-4,7,10,13H,5-6,8-9H2,1-2H3. The lowest BCUT2D eigenvalue weighted by atomic mass is 9.93. The molecule has 1 unspecified atom stereocenters. The highest BCUT2D eigenvalue weighted by molar-refractivity contribution is 5.91. The van der Waals surface area contributed by atoms with Gasteiger partial charge >= 0.3 is 0 Å². The highest BCUT2D eigenvalue weighted by Gasteiger charge is 2.26. The third-order valence-electron chi connectivity index (χ3n) is 6.13. The molecule has 1 saturated heterocycles. The van der Waals surface area contributed by atoms with Gasteiger partial charge in [-0.3, -0.25) is 19.3 Å². The fraction of sp³-hybridized carbons (Fsp3) is 0.414. The first-order valence-electron chi connectivity index (χ1n) is 13.0. The summed E-state index contributed by atoms with van der Waals surface area (Å²) >= 11 is 0. The Hall–Kier alpha value is -4.25. The smallest absolute Gasteiger partial charge is 0.236 e. The zero-order chi connectivity index (χ0) is 29.3. The number of nitrogens with one attached hydrogen (secondary N) is 1.